The summed E-state index contributed by atoms with van der Waals surface area (Å²) in [7, 11) is 4.22. The maximum atomic E-state index is 14.3. The average Bonchev–Trinajstić information content (AvgIpc) is 2.95. The lowest BCUT2D eigenvalue weighted by molar-refractivity contribution is -0.171. The summed E-state index contributed by atoms with van der Waals surface area (Å²) in [5.74, 6) is -4.70. The number of carboxylic acid groups (broad SMARTS) is 1. The maximum absolute atomic E-state index is 14.3. The van der Waals surface area contributed by atoms with Gasteiger partial charge in [-0.3, -0.25) is 19.2 Å². The number of hydrazine groups is 1. The zero-order chi connectivity index (χ0) is 31.3. The van der Waals surface area contributed by atoms with Gasteiger partial charge < -0.3 is 24.2 Å². The van der Waals surface area contributed by atoms with Gasteiger partial charge in [-0.05, 0) is 23.6 Å². The summed E-state index contributed by atoms with van der Waals surface area (Å²) in [6.45, 7) is 5.90. The van der Waals surface area contributed by atoms with E-state index in [1.807, 2.05) is 0 Å². The van der Waals surface area contributed by atoms with Gasteiger partial charge in [-0.1, -0.05) is 44.2 Å². The van der Waals surface area contributed by atoms with Gasteiger partial charge in [0, 0.05) is 32.0 Å². The number of hydrogen-bond donors (Lipinski definition) is 1. The highest BCUT2D eigenvalue weighted by Crippen LogP contribution is 2.42. The van der Waals surface area contributed by atoms with E-state index in [9.17, 15) is 29.1 Å². The Morgan fingerprint density at radius 1 is 0.952 bits per heavy atom. The summed E-state index contributed by atoms with van der Waals surface area (Å²) in [5, 5.41) is 11.6. The number of carbonyl (C=O) groups excluding carboxylic acids is 4. The molecule has 0 saturated heterocycles. The lowest BCUT2D eigenvalue weighted by Crippen LogP contribution is -2.63. The number of amides is 3. The van der Waals surface area contributed by atoms with Crippen LogP contribution in [0.3, 0.4) is 0 Å². The Hall–Kier alpha value is -4.87. The molecule has 2 aromatic rings. The summed E-state index contributed by atoms with van der Waals surface area (Å²) >= 11 is 0. The summed E-state index contributed by atoms with van der Waals surface area (Å²) < 4.78 is 16.4. The summed E-state index contributed by atoms with van der Waals surface area (Å²) in [6, 6.07) is 8.91. The topological polar surface area (TPSA) is 143 Å². The van der Waals surface area contributed by atoms with E-state index in [4.69, 9.17) is 14.2 Å². The first-order chi connectivity index (χ1) is 19.9. The van der Waals surface area contributed by atoms with Crippen LogP contribution < -0.4 is 14.2 Å². The third-order valence-electron chi connectivity index (χ3n) is 6.83. The molecule has 3 amide bonds. The maximum Gasteiger partial charge on any atom is 0.374 e. The average molecular weight is 582 g/mol. The van der Waals surface area contributed by atoms with Crippen molar-refractivity contribution in [1.29, 1.82) is 0 Å². The minimum absolute atomic E-state index is 0.0119. The Bertz CT molecular complexity index is 1380. The van der Waals surface area contributed by atoms with Gasteiger partial charge in [-0.15, -0.1) is 0 Å². The molecule has 1 heterocycles. The van der Waals surface area contributed by atoms with E-state index in [-0.39, 0.29) is 34.9 Å². The number of benzene rings is 2. The van der Waals surface area contributed by atoms with Gasteiger partial charge in [-0.25, -0.2) is 14.8 Å². The zero-order valence-corrected chi connectivity index (χ0v) is 24.6. The van der Waals surface area contributed by atoms with Gasteiger partial charge in [0.05, 0.1) is 27.0 Å². The number of hydrogen-bond acceptors (Lipinski definition) is 8. The van der Waals surface area contributed by atoms with Crippen LogP contribution in [0.1, 0.15) is 38.8 Å². The summed E-state index contributed by atoms with van der Waals surface area (Å²) in [5.41, 5.74) is 0.841. The van der Waals surface area contributed by atoms with E-state index < -0.39 is 47.5 Å². The van der Waals surface area contributed by atoms with Crippen LogP contribution in [0.15, 0.2) is 48.7 Å². The van der Waals surface area contributed by atoms with Crippen LogP contribution in [0.4, 0.5) is 0 Å². The first-order valence-corrected chi connectivity index (χ1v) is 13.1. The van der Waals surface area contributed by atoms with Crippen molar-refractivity contribution in [3.63, 3.8) is 0 Å². The first kappa shape index (κ1) is 31.7. The highest BCUT2D eigenvalue weighted by atomic mass is 16.5. The molecule has 0 bridgehead atoms. The molecule has 1 aliphatic rings. The lowest BCUT2D eigenvalue weighted by Gasteiger charge is -2.46. The fourth-order valence-corrected chi connectivity index (χ4v) is 4.94. The van der Waals surface area contributed by atoms with Gasteiger partial charge in [0.25, 0.3) is 11.7 Å². The smallest absolute Gasteiger partial charge is 0.374 e. The Kier molecular flexibility index (Phi) is 9.95. The largest absolute Gasteiger partial charge is 0.493 e. The number of Topliss-reactive ketones (excluding diaryl/α,β-unsaturated/α-hetero) is 1. The number of aliphatic carboxylic acids is 1. The minimum Gasteiger partial charge on any atom is -0.493 e. The quantitative estimate of drug-likeness (QED) is 0.396. The van der Waals surface area contributed by atoms with Crippen molar-refractivity contribution in [1.82, 2.24) is 14.9 Å². The molecular weight excluding hydrogens is 546 g/mol. The predicted molar refractivity (Wildman–Crippen MR) is 151 cm³/mol. The Morgan fingerprint density at radius 2 is 1.52 bits per heavy atom. The predicted octanol–water partition coefficient (Wildman–Crippen LogP) is 2.75. The number of methoxy groups -OCH3 is 3. The van der Waals surface area contributed by atoms with Crippen molar-refractivity contribution in [3.05, 3.63) is 59.8 Å². The molecule has 0 aliphatic carbocycles. The molecule has 3 rings (SSSR count). The van der Waals surface area contributed by atoms with Crippen molar-refractivity contribution in [3.8, 4) is 17.2 Å². The van der Waals surface area contributed by atoms with Crippen molar-refractivity contribution in [2.45, 2.75) is 46.2 Å². The Labute approximate surface area is 244 Å². The van der Waals surface area contributed by atoms with Crippen LogP contribution >= 0.6 is 0 Å². The summed E-state index contributed by atoms with van der Waals surface area (Å²) in [6.07, 6.45) is 1.20. The van der Waals surface area contributed by atoms with Crippen LogP contribution in [0.2, 0.25) is 0 Å². The lowest BCUT2D eigenvalue weighted by atomic mass is 9.96. The SMILES string of the molecule is COc1cc(C2=CN(C(C)=O)C(C(C)C)C(=O)N2N(C(C)=O)[C@@H](Cc2ccccc2)C(=O)C(=O)O)cc(OC)c1OC. The second-order valence-corrected chi connectivity index (χ2v) is 9.93. The highest BCUT2D eigenvalue weighted by Gasteiger charge is 2.47. The number of rotatable bonds is 11. The van der Waals surface area contributed by atoms with Crippen LogP contribution in [0.5, 0.6) is 17.2 Å². The Balaban J connectivity index is 2.38. The van der Waals surface area contributed by atoms with Crippen molar-refractivity contribution in [2.24, 2.45) is 5.92 Å². The highest BCUT2D eigenvalue weighted by molar-refractivity contribution is 6.35. The van der Waals surface area contributed by atoms with E-state index in [1.165, 1.54) is 51.5 Å². The van der Waals surface area contributed by atoms with Gasteiger partial charge in [0.15, 0.2) is 11.5 Å². The van der Waals surface area contributed by atoms with Crippen molar-refractivity contribution in [2.75, 3.05) is 21.3 Å². The Morgan fingerprint density at radius 3 is 1.95 bits per heavy atom. The molecular formula is C30H35N3O9. The molecule has 2 atom stereocenters. The van der Waals surface area contributed by atoms with E-state index >= 15 is 0 Å². The molecule has 0 spiro atoms. The molecule has 0 aromatic heterocycles. The standard InChI is InChI=1S/C30H35N3O9/c1-17(2)26-29(37)33(32(19(4)35)22(27(36)30(38)39)13-20-11-9-8-10-12-20)23(16-31(26)18(3)34)21-14-24(40-5)28(42-7)25(15-21)41-6/h8-12,14-17,22,26H,13H2,1-7H3,(H,38,39)/t22-,26?/m0/s1. The number of carbonyl (C=O) groups is 5. The van der Waals surface area contributed by atoms with Crippen LogP contribution in [-0.2, 0) is 30.4 Å². The number of carboxylic acids is 1. The van der Waals surface area contributed by atoms with E-state index in [2.05, 4.69) is 0 Å². The normalized spacial score (nSPS) is 15.6. The fourth-order valence-electron chi connectivity index (χ4n) is 4.94. The number of ketones is 1. The monoisotopic (exact) mass is 581 g/mol. The van der Waals surface area contributed by atoms with Crippen LogP contribution in [-0.4, -0.2) is 82.9 Å². The van der Waals surface area contributed by atoms with Crippen LogP contribution in [0.25, 0.3) is 5.70 Å². The third-order valence-corrected chi connectivity index (χ3v) is 6.83. The van der Waals surface area contributed by atoms with Crippen molar-refractivity contribution < 1.29 is 43.3 Å². The third kappa shape index (κ3) is 6.22. The molecule has 1 unspecified atom stereocenters. The van der Waals surface area contributed by atoms with Gasteiger partial charge in [0.2, 0.25) is 17.6 Å². The van der Waals surface area contributed by atoms with E-state index in [0.29, 0.717) is 5.56 Å². The van der Waals surface area contributed by atoms with E-state index in [0.717, 1.165) is 16.9 Å². The molecule has 12 heteroatoms. The second kappa shape index (κ2) is 13.2. The number of ether oxygens (including phenoxy) is 3. The molecule has 12 nitrogen and oxygen atoms in total. The van der Waals surface area contributed by atoms with Gasteiger partial charge in [0.1, 0.15) is 12.1 Å². The molecule has 1 aliphatic heterocycles. The van der Waals surface area contributed by atoms with E-state index in [1.54, 1.807) is 44.2 Å². The van der Waals surface area contributed by atoms with Gasteiger partial charge in [-0.2, -0.15) is 0 Å². The molecule has 0 saturated carbocycles. The van der Waals surface area contributed by atoms with Gasteiger partial charge >= 0.3 is 5.97 Å². The fraction of sp³-hybridized carbons (Fsp3) is 0.367. The second-order valence-electron chi connectivity index (χ2n) is 9.93. The zero-order valence-electron chi connectivity index (χ0n) is 24.6. The first-order valence-electron chi connectivity index (χ1n) is 13.1. The van der Waals surface area contributed by atoms with Crippen LogP contribution in [0, 0.1) is 5.92 Å². The van der Waals surface area contributed by atoms with Crippen molar-refractivity contribution >= 4 is 35.2 Å². The summed E-state index contributed by atoms with van der Waals surface area (Å²) in [4.78, 5) is 67.0. The molecule has 1 N–H and O–H groups in total. The minimum atomic E-state index is -1.77. The molecule has 0 fully saturated rings. The molecule has 42 heavy (non-hydrogen) atoms. The number of nitrogens with zero attached hydrogens (tertiary/aromatic N) is 3. The molecule has 2 aromatic carbocycles. The molecule has 224 valence electrons. The molecule has 0 radical (unpaired) electrons.